The Hall–Kier alpha value is -1.20. The van der Waals surface area contributed by atoms with Gasteiger partial charge in [0.15, 0.2) is 0 Å². The summed E-state index contributed by atoms with van der Waals surface area (Å²) in [5.41, 5.74) is 3.07. The SMILES string of the molecule is CCNC(CCc1nccn1C)c1scnc1C. The first-order valence-corrected chi connectivity index (χ1v) is 7.20. The Balaban J connectivity index is 2.03. The fraction of sp³-hybridized carbons (Fsp3) is 0.538. The predicted octanol–water partition coefficient (Wildman–Crippen LogP) is 2.47. The van der Waals surface area contributed by atoms with Crippen LogP contribution in [0.4, 0.5) is 0 Å². The van der Waals surface area contributed by atoms with Crippen molar-refractivity contribution in [3.8, 4) is 0 Å². The van der Waals surface area contributed by atoms with Gasteiger partial charge in [-0.25, -0.2) is 9.97 Å². The van der Waals surface area contributed by atoms with Crippen LogP contribution in [-0.2, 0) is 13.5 Å². The Morgan fingerprint density at radius 1 is 1.44 bits per heavy atom. The standard InChI is InChI=1S/C13H20N4S/c1-4-14-11(13-10(2)16-9-18-13)5-6-12-15-7-8-17(12)3/h7-9,11,14H,4-6H2,1-3H3. The lowest BCUT2D eigenvalue weighted by Crippen LogP contribution is -2.21. The molecule has 0 radical (unpaired) electrons. The number of nitrogens with zero attached hydrogens (tertiary/aromatic N) is 3. The molecule has 0 saturated heterocycles. The van der Waals surface area contributed by atoms with Crippen LogP contribution < -0.4 is 5.32 Å². The quantitative estimate of drug-likeness (QED) is 0.871. The smallest absolute Gasteiger partial charge is 0.108 e. The number of nitrogens with one attached hydrogen (secondary N) is 1. The second-order valence-electron chi connectivity index (χ2n) is 4.41. The summed E-state index contributed by atoms with van der Waals surface area (Å²) in [5, 5.41) is 3.54. The number of hydrogen-bond donors (Lipinski definition) is 1. The van der Waals surface area contributed by atoms with Gasteiger partial charge in [-0.05, 0) is 19.9 Å². The van der Waals surface area contributed by atoms with E-state index in [1.807, 2.05) is 25.0 Å². The van der Waals surface area contributed by atoms with Crippen molar-refractivity contribution in [1.82, 2.24) is 19.9 Å². The van der Waals surface area contributed by atoms with E-state index in [4.69, 9.17) is 0 Å². The molecule has 1 N–H and O–H groups in total. The molecular formula is C13H20N4S. The van der Waals surface area contributed by atoms with Crippen molar-refractivity contribution < 1.29 is 0 Å². The molecule has 4 nitrogen and oxygen atoms in total. The maximum Gasteiger partial charge on any atom is 0.108 e. The molecule has 2 aromatic rings. The topological polar surface area (TPSA) is 42.7 Å². The molecule has 0 fully saturated rings. The Morgan fingerprint density at radius 3 is 2.83 bits per heavy atom. The molecular weight excluding hydrogens is 244 g/mol. The second kappa shape index (κ2) is 6.11. The summed E-state index contributed by atoms with van der Waals surface area (Å²) in [4.78, 5) is 10.1. The van der Waals surface area contributed by atoms with Gasteiger partial charge in [-0.2, -0.15) is 0 Å². The van der Waals surface area contributed by atoms with E-state index < -0.39 is 0 Å². The third-order valence-corrected chi connectivity index (χ3v) is 4.17. The van der Waals surface area contributed by atoms with Crippen LogP contribution >= 0.6 is 11.3 Å². The molecule has 2 rings (SSSR count). The highest BCUT2D eigenvalue weighted by molar-refractivity contribution is 7.09. The van der Waals surface area contributed by atoms with E-state index in [9.17, 15) is 0 Å². The largest absolute Gasteiger partial charge is 0.338 e. The average Bonchev–Trinajstić information content (AvgIpc) is 2.94. The number of hydrogen-bond acceptors (Lipinski definition) is 4. The van der Waals surface area contributed by atoms with Crippen molar-refractivity contribution in [1.29, 1.82) is 0 Å². The minimum Gasteiger partial charge on any atom is -0.338 e. The van der Waals surface area contributed by atoms with Gasteiger partial charge in [0, 0.05) is 36.8 Å². The Labute approximate surface area is 112 Å². The van der Waals surface area contributed by atoms with E-state index in [1.165, 1.54) is 4.88 Å². The van der Waals surface area contributed by atoms with Crippen molar-refractivity contribution in [2.24, 2.45) is 7.05 Å². The molecule has 5 heteroatoms. The van der Waals surface area contributed by atoms with Gasteiger partial charge in [0.25, 0.3) is 0 Å². The first-order valence-electron chi connectivity index (χ1n) is 6.32. The predicted molar refractivity (Wildman–Crippen MR) is 74.8 cm³/mol. The van der Waals surface area contributed by atoms with Gasteiger partial charge in [0.05, 0.1) is 11.2 Å². The molecule has 0 saturated carbocycles. The van der Waals surface area contributed by atoms with Crippen molar-refractivity contribution in [2.45, 2.75) is 32.7 Å². The van der Waals surface area contributed by atoms with Crippen LogP contribution in [0.25, 0.3) is 0 Å². The molecule has 0 bridgehead atoms. The maximum absolute atomic E-state index is 4.37. The Kier molecular flexibility index (Phi) is 4.49. The highest BCUT2D eigenvalue weighted by atomic mass is 32.1. The third-order valence-electron chi connectivity index (χ3n) is 3.13. The summed E-state index contributed by atoms with van der Waals surface area (Å²) in [5.74, 6) is 1.14. The van der Waals surface area contributed by atoms with Crippen LogP contribution in [0, 0.1) is 6.92 Å². The lowest BCUT2D eigenvalue weighted by Gasteiger charge is -2.16. The van der Waals surface area contributed by atoms with Gasteiger partial charge in [-0.15, -0.1) is 11.3 Å². The molecule has 98 valence electrons. The minimum absolute atomic E-state index is 0.388. The van der Waals surface area contributed by atoms with E-state index in [0.29, 0.717) is 6.04 Å². The monoisotopic (exact) mass is 264 g/mol. The summed E-state index contributed by atoms with van der Waals surface area (Å²) in [6, 6.07) is 0.388. The summed E-state index contributed by atoms with van der Waals surface area (Å²) < 4.78 is 2.09. The molecule has 18 heavy (non-hydrogen) atoms. The van der Waals surface area contributed by atoms with Gasteiger partial charge in [-0.3, -0.25) is 0 Å². The van der Waals surface area contributed by atoms with Crippen LogP contribution in [0.1, 0.15) is 35.8 Å². The first kappa shape index (κ1) is 13.2. The van der Waals surface area contributed by atoms with Crippen molar-refractivity contribution in [2.75, 3.05) is 6.54 Å². The van der Waals surface area contributed by atoms with Gasteiger partial charge in [0.1, 0.15) is 5.82 Å². The lowest BCUT2D eigenvalue weighted by atomic mass is 10.1. The van der Waals surface area contributed by atoms with Gasteiger partial charge >= 0.3 is 0 Å². The van der Waals surface area contributed by atoms with Crippen LogP contribution in [-0.4, -0.2) is 21.1 Å². The number of aryl methyl sites for hydroxylation is 3. The fourth-order valence-corrected chi connectivity index (χ4v) is 3.04. The molecule has 1 unspecified atom stereocenters. The second-order valence-corrected chi connectivity index (χ2v) is 5.29. The lowest BCUT2D eigenvalue weighted by molar-refractivity contribution is 0.510. The molecule has 0 aliphatic carbocycles. The van der Waals surface area contributed by atoms with Crippen molar-refractivity contribution in [3.05, 3.63) is 34.3 Å². The molecule has 0 aromatic carbocycles. The maximum atomic E-state index is 4.37. The van der Waals surface area contributed by atoms with Crippen LogP contribution in [0.15, 0.2) is 17.9 Å². The van der Waals surface area contributed by atoms with Gasteiger partial charge < -0.3 is 9.88 Å². The summed E-state index contributed by atoms with van der Waals surface area (Å²) >= 11 is 1.74. The van der Waals surface area contributed by atoms with Gasteiger partial charge in [0.2, 0.25) is 0 Å². The van der Waals surface area contributed by atoms with Crippen molar-refractivity contribution >= 4 is 11.3 Å². The number of imidazole rings is 1. The summed E-state index contributed by atoms with van der Waals surface area (Å²) in [6.45, 7) is 5.20. The highest BCUT2D eigenvalue weighted by Crippen LogP contribution is 2.25. The molecule has 0 aliphatic rings. The van der Waals surface area contributed by atoms with Crippen LogP contribution in [0.3, 0.4) is 0 Å². The van der Waals surface area contributed by atoms with E-state index in [-0.39, 0.29) is 0 Å². The average molecular weight is 264 g/mol. The van der Waals surface area contributed by atoms with E-state index >= 15 is 0 Å². The zero-order valence-corrected chi connectivity index (χ0v) is 12.0. The molecule has 0 spiro atoms. The van der Waals surface area contributed by atoms with Crippen molar-refractivity contribution in [3.63, 3.8) is 0 Å². The van der Waals surface area contributed by atoms with E-state index in [0.717, 1.165) is 30.9 Å². The zero-order valence-electron chi connectivity index (χ0n) is 11.2. The molecule has 2 heterocycles. The van der Waals surface area contributed by atoms with Crippen LogP contribution in [0.5, 0.6) is 0 Å². The highest BCUT2D eigenvalue weighted by Gasteiger charge is 2.15. The number of rotatable bonds is 6. The van der Waals surface area contributed by atoms with E-state index in [1.54, 1.807) is 11.3 Å². The molecule has 0 amide bonds. The third kappa shape index (κ3) is 2.97. The molecule has 1 atom stereocenters. The normalized spacial score (nSPS) is 12.8. The minimum atomic E-state index is 0.388. The Bertz CT molecular complexity index is 489. The number of thiazole rings is 1. The molecule has 2 aromatic heterocycles. The van der Waals surface area contributed by atoms with Crippen LogP contribution in [0.2, 0.25) is 0 Å². The van der Waals surface area contributed by atoms with E-state index in [2.05, 4.69) is 33.7 Å². The Morgan fingerprint density at radius 2 is 2.28 bits per heavy atom. The summed E-state index contributed by atoms with van der Waals surface area (Å²) in [6.07, 6.45) is 5.89. The first-order chi connectivity index (χ1) is 8.72. The zero-order chi connectivity index (χ0) is 13.0. The number of aromatic nitrogens is 3. The molecule has 0 aliphatic heterocycles. The summed E-state index contributed by atoms with van der Waals surface area (Å²) in [7, 11) is 2.04. The fourth-order valence-electron chi connectivity index (χ4n) is 2.13. The van der Waals surface area contributed by atoms with Gasteiger partial charge in [-0.1, -0.05) is 6.92 Å².